The minimum Gasteiger partial charge on any atom is -0.338 e. The third kappa shape index (κ3) is 2.76. The van der Waals surface area contributed by atoms with Crippen molar-refractivity contribution < 1.29 is 4.39 Å². The standard InChI is InChI=1S/C12H5ClFN5/c13-11-12(17-8-3-1-7(14)2-4-8)19-10(6-16)9(5-15)18-11/h1-4H,(H,17,19). The molecule has 2 rings (SSSR count). The van der Waals surface area contributed by atoms with E-state index in [1.165, 1.54) is 24.3 Å². The highest BCUT2D eigenvalue weighted by Gasteiger charge is 2.12. The molecule has 92 valence electrons. The van der Waals surface area contributed by atoms with E-state index in [-0.39, 0.29) is 28.2 Å². The number of benzene rings is 1. The zero-order valence-electron chi connectivity index (χ0n) is 9.35. The molecular formula is C12H5ClFN5. The molecule has 0 atom stereocenters. The molecule has 0 unspecified atom stereocenters. The van der Waals surface area contributed by atoms with Crippen molar-refractivity contribution in [3.05, 3.63) is 46.6 Å². The molecule has 0 saturated heterocycles. The van der Waals surface area contributed by atoms with E-state index in [9.17, 15) is 4.39 Å². The van der Waals surface area contributed by atoms with Crippen molar-refractivity contribution in [1.29, 1.82) is 10.5 Å². The minimum atomic E-state index is -0.375. The van der Waals surface area contributed by atoms with Crippen molar-refractivity contribution in [2.45, 2.75) is 0 Å². The molecule has 0 saturated carbocycles. The Morgan fingerprint density at radius 1 is 1.05 bits per heavy atom. The van der Waals surface area contributed by atoms with Gasteiger partial charge in [-0.15, -0.1) is 0 Å². The predicted octanol–water partition coefficient (Wildman–Crippen LogP) is 2.76. The molecule has 1 N–H and O–H groups in total. The number of hydrogen-bond acceptors (Lipinski definition) is 5. The first kappa shape index (κ1) is 12.7. The summed E-state index contributed by atoms with van der Waals surface area (Å²) >= 11 is 5.85. The van der Waals surface area contributed by atoms with Crippen molar-refractivity contribution in [1.82, 2.24) is 9.97 Å². The van der Waals surface area contributed by atoms with Crippen LogP contribution in [-0.4, -0.2) is 9.97 Å². The summed E-state index contributed by atoms with van der Waals surface area (Å²) in [4.78, 5) is 7.66. The van der Waals surface area contributed by atoms with Gasteiger partial charge in [-0.05, 0) is 24.3 Å². The normalized spacial score (nSPS) is 9.47. The van der Waals surface area contributed by atoms with E-state index >= 15 is 0 Å². The summed E-state index contributed by atoms with van der Waals surface area (Å²) in [7, 11) is 0. The lowest BCUT2D eigenvalue weighted by atomic mass is 10.3. The van der Waals surface area contributed by atoms with Crippen LogP contribution in [0.4, 0.5) is 15.9 Å². The average molecular weight is 274 g/mol. The van der Waals surface area contributed by atoms with Crippen LogP contribution in [0.5, 0.6) is 0 Å². The van der Waals surface area contributed by atoms with Gasteiger partial charge in [0.2, 0.25) is 0 Å². The second kappa shape index (κ2) is 5.30. The maximum absolute atomic E-state index is 12.8. The quantitative estimate of drug-likeness (QED) is 0.909. The van der Waals surface area contributed by atoms with E-state index in [1.807, 2.05) is 0 Å². The van der Waals surface area contributed by atoms with Gasteiger partial charge in [0, 0.05) is 5.69 Å². The highest BCUT2D eigenvalue weighted by molar-refractivity contribution is 6.31. The third-order valence-corrected chi connectivity index (χ3v) is 2.44. The molecular weight excluding hydrogens is 269 g/mol. The van der Waals surface area contributed by atoms with E-state index in [0.717, 1.165) is 0 Å². The Kier molecular flexibility index (Phi) is 3.56. The fourth-order valence-corrected chi connectivity index (χ4v) is 1.49. The van der Waals surface area contributed by atoms with Crippen molar-refractivity contribution in [3.63, 3.8) is 0 Å². The summed E-state index contributed by atoms with van der Waals surface area (Å²) in [5.74, 6) is -0.246. The maximum atomic E-state index is 12.8. The van der Waals surface area contributed by atoms with Crippen molar-refractivity contribution in [2.24, 2.45) is 0 Å². The van der Waals surface area contributed by atoms with Crippen LogP contribution in [0.25, 0.3) is 0 Å². The van der Waals surface area contributed by atoms with Crippen LogP contribution in [0.3, 0.4) is 0 Å². The monoisotopic (exact) mass is 273 g/mol. The van der Waals surface area contributed by atoms with Crippen LogP contribution >= 0.6 is 11.6 Å². The Labute approximate surface area is 112 Å². The van der Waals surface area contributed by atoms with Crippen LogP contribution < -0.4 is 5.32 Å². The molecule has 0 aliphatic rings. The Balaban J connectivity index is 2.39. The van der Waals surface area contributed by atoms with Crippen LogP contribution in [0.2, 0.25) is 5.15 Å². The number of halogens is 2. The molecule has 7 heteroatoms. The molecule has 0 radical (unpaired) electrons. The number of hydrogen-bond donors (Lipinski definition) is 1. The fraction of sp³-hybridized carbons (Fsp3) is 0. The number of nitrogens with one attached hydrogen (secondary N) is 1. The molecule has 0 bridgehead atoms. The second-order valence-corrected chi connectivity index (χ2v) is 3.77. The lowest BCUT2D eigenvalue weighted by Gasteiger charge is -2.07. The second-order valence-electron chi connectivity index (χ2n) is 3.42. The van der Waals surface area contributed by atoms with Crippen LogP contribution in [0.15, 0.2) is 24.3 Å². The predicted molar refractivity (Wildman–Crippen MR) is 66.2 cm³/mol. The lowest BCUT2D eigenvalue weighted by molar-refractivity contribution is 0.628. The van der Waals surface area contributed by atoms with Gasteiger partial charge in [-0.3, -0.25) is 0 Å². The number of nitriles is 2. The van der Waals surface area contributed by atoms with Crippen molar-refractivity contribution in [3.8, 4) is 12.1 Å². The molecule has 1 aromatic heterocycles. The number of rotatable bonds is 2. The molecule has 19 heavy (non-hydrogen) atoms. The summed E-state index contributed by atoms with van der Waals surface area (Å²) in [6, 6.07) is 8.97. The molecule has 2 aromatic rings. The summed E-state index contributed by atoms with van der Waals surface area (Å²) in [6.45, 7) is 0. The van der Waals surface area contributed by atoms with Gasteiger partial charge in [-0.2, -0.15) is 10.5 Å². The van der Waals surface area contributed by atoms with Crippen LogP contribution in [0, 0.1) is 28.5 Å². The molecule has 0 aliphatic heterocycles. The van der Waals surface area contributed by atoms with Gasteiger partial charge in [0.05, 0.1) is 0 Å². The van der Waals surface area contributed by atoms with Gasteiger partial charge in [-0.25, -0.2) is 14.4 Å². The summed E-state index contributed by atoms with van der Waals surface area (Å²) in [5, 5.41) is 20.4. The molecule has 0 aliphatic carbocycles. The average Bonchev–Trinajstić information content (AvgIpc) is 2.43. The van der Waals surface area contributed by atoms with E-state index in [1.54, 1.807) is 12.1 Å². The summed E-state index contributed by atoms with van der Waals surface area (Å²) in [6.07, 6.45) is 0. The SMILES string of the molecule is N#Cc1nc(Cl)c(Nc2ccc(F)cc2)nc1C#N. The van der Waals surface area contributed by atoms with Crippen molar-refractivity contribution >= 4 is 23.1 Å². The number of aromatic nitrogens is 2. The number of nitrogens with zero attached hydrogens (tertiary/aromatic N) is 4. The molecule has 1 aromatic carbocycles. The molecule has 1 heterocycles. The highest BCUT2D eigenvalue weighted by Crippen LogP contribution is 2.22. The van der Waals surface area contributed by atoms with E-state index in [0.29, 0.717) is 5.69 Å². The molecule has 0 spiro atoms. The van der Waals surface area contributed by atoms with Gasteiger partial charge >= 0.3 is 0 Å². The van der Waals surface area contributed by atoms with Gasteiger partial charge in [0.25, 0.3) is 0 Å². The zero-order valence-corrected chi connectivity index (χ0v) is 10.1. The van der Waals surface area contributed by atoms with Gasteiger partial charge < -0.3 is 5.32 Å². The first-order chi connectivity index (χ1) is 9.13. The zero-order chi connectivity index (χ0) is 13.8. The minimum absolute atomic E-state index is 0.0418. The Hall–Kier alpha value is -2.70. The van der Waals surface area contributed by atoms with E-state index in [2.05, 4.69) is 15.3 Å². The number of anilines is 2. The van der Waals surface area contributed by atoms with Gasteiger partial charge in [0.15, 0.2) is 22.4 Å². The third-order valence-electron chi connectivity index (χ3n) is 2.17. The maximum Gasteiger partial charge on any atom is 0.179 e. The Morgan fingerprint density at radius 2 is 1.63 bits per heavy atom. The summed E-state index contributed by atoms with van der Waals surface area (Å²) in [5.41, 5.74) is 0.264. The highest BCUT2D eigenvalue weighted by atomic mass is 35.5. The van der Waals surface area contributed by atoms with Gasteiger partial charge in [-0.1, -0.05) is 11.6 Å². The molecule has 5 nitrogen and oxygen atoms in total. The fourth-order valence-electron chi connectivity index (χ4n) is 1.32. The summed E-state index contributed by atoms with van der Waals surface area (Å²) < 4.78 is 12.8. The van der Waals surface area contributed by atoms with E-state index < -0.39 is 0 Å². The lowest BCUT2D eigenvalue weighted by Crippen LogP contribution is -2.01. The van der Waals surface area contributed by atoms with Gasteiger partial charge in [0.1, 0.15) is 18.0 Å². The smallest absolute Gasteiger partial charge is 0.179 e. The molecule has 0 fully saturated rings. The Morgan fingerprint density at radius 3 is 2.21 bits per heavy atom. The van der Waals surface area contributed by atoms with E-state index in [4.69, 9.17) is 22.1 Å². The largest absolute Gasteiger partial charge is 0.338 e. The topological polar surface area (TPSA) is 85.4 Å². The van der Waals surface area contributed by atoms with Crippen LogP contribution in [-0.2, 0) is 0 Å². The first-order valence-electron chi connectivity index (χ1n) is 5.04. The van der Waals surface area contributed by atoms with Crippen molar-refractivity contribution in [2.75, 3.05) is 5.32 Å². The van der Waals surface area contributed by atoms with Crippen LogP contribution in [0.1, 0.15) is 11.4 Å². The Bertz CT molecular complexity index is 700. The first-order valence-corrected chi connectivity index (χ1v) is 5.42. The molecule has 0 amide bonds.